The van der Waals surface area contributed by atoms with Crippen molar-refractivity contribution in [2.45, 2.75) is 37.8 Å². The molecule has 1 aliphatic rings. The Morgan fingerprint density at radius 1 is 1.09 bits per heavy atom. The number of nitrogens with zero attached hydrogens (tertiary/aromatic N) is 5. The second kappa shape index (κ2) is 5.92. The first-order chi connectivity index (χ1) is 11.3. The number of hydrogen-bond donors (Lipinski definition) is 2. The molecule has 0 aliphatic heterocycles. The molecule has 1 fully saturated rings. The van der Waals surface area contributed by atoms with Gasteiger partial charge in [0.2, 0.25) is 5.95 Å². The number of hydrogen-bond acceptors (Lipinski definition) is 6. The number of nitrogens with one attached hydrogen (secondary N) is 1. The zero-order chi connectivity index (χ0) is 15.6. The van der Waals surface area contributed by atoms with E-state index in [1.807, 2.05) is 30.3 Å². The molecule has 0 unspecified atom stereocenters. The monoisotopic (exact) mass is 309 g/mol. The molecule has 7 nitrogen and oxygen atoms in total. The van der Waals surface area contributed by atoms with Crippen LogP contribution in [0.25, 0.3) is 16.9 Å². The smallest absolute Gasteiger partial charge is 0.224 e. The molecule has 23 heavy (non-hydrogen) atoms. The van der Waals surface area contributed by atoms with Crippen LogP contribution in [0.2, 0.25) is 0 Å². The molecule has 0 bridgehead atoms. The third-order valence-electron chi connectivity index (χ3n) is 4.31. The van der Waals surface area contributed by atoms with Crippen molar-refractivity contribution in [1.29, 1.82) is 0 Å². The Morgan fingerprint density at radius 3 is 2.78 bits per heavy atom. The van der Waals surface area contributed by atoms with E-state index in [0.29, 0.717) is 23.8 Å². The van der Waals surface area contributed by atoms with Crippen LogP contribution in [0.15, 0.2) is 36.5 Å². The fourth-order valence-corrected chi connectivity index (χ4v) is 3.02. The molecule has 2 aromatic heterocycles. The van der Waals surface area contributed by atoms with Gasteiger partial charge in [-0.3, -0.25) is 0 Å². The Bertz CT molecular complexity index is 805. The number of nitrogens with two attached hydrogens (primary N) is 1. The predicted octanol–water partition coefficient (Wildman–Crippen LogP) is 1.89. The number of aromatic nitrogens is 5. The van der Waals surface area contributed by atoms with Gasteiger partial charge in [0.25, 0.3) is 0 Å². The second-order valence-corrected chi connectivity index (χ2v) is 5.98. The van der Waals surface area contributed by atoms with E-state index in [1.54, 1.807) is 10.9 Å². The van der Waals surface area contributed by atoms with Crippen LogP contribution >= 0.6 is 0 Å². The highest BCUT2D eigenvalue weighted by Gasteiger charge is 2.19. The van der Waals surface area contributed by atoms with Crippen LogP contribution in [-0.4, -0.2) is 37.0 Å². The van der Waals surface area contributed by atoms with Gasteiger partial charge in [-0.05, 0) is 37.8 Å². The van der Waals surface area contributed by atoms with E-state index in [4.69, 9.17) is 5.73 Å². The lowest BCUT2D eigenvalue weighted by Crippen LogP contribution is -2.33. The Hall–Kier alpha value is -2.54. The van der Waals surface area contributed by atoms with E-state index in [-0.39, 0.29) is 0 Å². The molecule has 0 spiro atoms. The van der Waals surface area contributed by atoms with Gasteiger partial charge >= 0.3 is 0 Å². The van der Waals surface area contributed by atoms with Crippen molar-refractivity contribution in [3.63, 3.8) is 0 Å². The van der Waals surface area contributed by atoms with Crippen molar-refractivity contribution >= 4 is 17.0 Å². The van der Waals surface area contributed by atoms with E-state index in [2.05, 4.69) is 25.6 Å². The second-order valence-electron chi connectivity index (χ2n) is 5.98. The average molecular weight is 309 g/mol. The van der Waals surface area contributed by atoms with E-state index in [0.717, 1.165) is 36.7 Å². The maximum absolute atomic E-state index is 5.95. The van der Waals surface area contributed by atoms with Crippen LogP contribution in [0.4, 0.5) is 5.95 Å². The molecule has 2 heterocycles. The van der Waals surface area contributed by atoms with Crippen LogP contribution in [0.1, 0.15) is 25.7 Å². The third-order valence-corrected chi connectivity index (χ3v) is 4.31. The van der Waals surface area contributed by atoms with Gasteiger partial charge < -0.3 is 11.1 Å². The largest absolute Gasteiger partial charge is 0.351 e. The van der Waals surface area contributed by atoms with Crippen molar-refractivity contribution in [3.05, 3.63) is 36.5 Å². The Labute approximate surface area is 133 Å². The minimum Gasteiger partial charge on any atom is -0.351 e. The molecular weight excluding hydrogens is 290 g/mol. The SMILES string of the molecule is NC1CCC(Nc2nccc(-n3nnc4ccccc43)n2)CC1. The minimum atomic E-state index is 0.335. The van der Waals surface area contributed by atoms with Crippen molar-refractivity contribution in [2.24, 2.45) is 5.73 Å². The minimum absolute atomic E-state index is 0.335. The first-order valence-corrected chi connectivity index (χ1v) is 7.95. The quantitative estimate of drug-likeness (QED) is 0.767. The number of rotatable bonds is 3. The first-order valence-electron chi connectivity index (χ1n) is 7.95. The van der Waals surface area contributed by atoms with Crippen molar-refractivity contribution in [3.8, 4) is 5.82 Å². The summed E-state index contributed by atoms with van der Waals surface area (Å²) in [6, 6.07) is 10.4. The van der Waals surface area contributed by atoms with Gasteiger partial charge in [-0.25, -0.2) is 4.98 Å². The lowest BCUT2D eigenvalue weighted by Gasteiger charge is -2.26. The van der Waals surface area contributed by atoms with Gasteiger partial charge in [0.05, 0.1) is 5.52 Å². The Balaban J connectivity index is 1.59. The Morgan fingerprint density at radius 2 is 1.91 bits per heavy atom. The standard InChI is InChI=1S/C16H19N7/c17-11-5-7-12(8-6-11)19-16-18-10-9-15(20-16)23-14-4-2-1-3-13(14)21-22-23/h1-4,9-12H,5-8,17H2,(H,18,19,20). The maximum atomic E-state index is 5.95. The molecule has 3 N–H and O–H groups in total. The van der Waals surface area contributed by atoms with E-state index in [9.17, 15) is 0 Å². The normalized spacial score (nSPS) is 21.4. The molecule has 0 amide bonds. The maximum Gasteiger partial charge on any atom is 0.224 e. The fourth-order valence-electron chi connectivity index (χ4n) is 3.02. The zero-order valence-corrected chi connectivity index (χ0v) is 12.8. The molecule has 1 aromatic carbocycles. The first kappa shape index (κ1) is 14.1. The van der Waals surface area contributed by atoms with E-state index in [1.165, 1.54) is 0 Å². The molecule has 3 aromatic rings. The van der Waals surface area contributed by atoms with Crippen LogP contribution in [0, 0.1) is 0 Å². The van der Waals surface area contributed by atoms with Gasteiger partial charge in [-0.15, -0.1) is 5.10 Å². The zero-order valence-electron chi connectivity index (χ0n) is 12.8. The molecule has 0 radical (unpaired) electrons. The summed E-state index contributed by atoms with van der Waals surface area (Å²) in [5.74, 6) is 1.34. The molecule has 1 saturated carbocycles. The topological polar surface area (TPSA) is 94.5 Å². The summed E-state index contributed by atoms with van der Waals surface area (Å²) in [4.78, 5) is 8.91. The van der Waals surface area contributed by atoms with E-state index < -0.39 is 0 Å². The molecule has 7 heteroatoms. The molecular formula is C16H19N7. The molecule has 118 valence electrons. The lowest BCUT2D eigenvalue weighted by atomic mass is 9.92. The molecule has 0 atom stereocenters. The van der Waals surface area contributed by atoms with Gasteiger partial charge in [0.15, 0.2) is 5.82 Å². The number of para-hydroxylation sites is 1. The van der Waals surface area contributed by atoms with Crippen LogP contribution in [0.5, 0.6) is 0 Å². The summed E-state index contributed by atoms with van der Waals surface area (Å²) in [5, 5.41) is 11.8. The lowest BCUT2D eigenvalue weighted by molar-refractivity contribution is 0.410. The number of fused-ring (bicyclic) bond motifs is 1. The highest BCUT2D eigenvalue weighted by molar-refractivity contribution is 5.75. The van der Waals surface area contributed by atoms with Gasteiger partial charge in [-0.1, -0.05) is 17.3 Å². The predicted molar refractivity (Wildman–Crippen MR) is 88.3 cm³/mol. The van der Waals surface area contributed by atoms with Crippen LogP contribution < -0.4 is 11.1 Å². The van der Waals surface area contributed by atoms with E-state index >= 15 is 0 Å². The summed E-state index contributed by atoms with van der Waals surface area (Å²) in [6.07, 6.45) is 5.95. The third kappa shape index (κ3) is 2.87. The number of benzene rings is 1. The van der Waals surface area contributed by atoms with Crippen LogP contribution in [-0.2, 0) is 0 Å². The highest BCUT2D eigenvalue weighted by Crippen LogP contribution is 2.20. The Kier molecular flexibility index (Phi) is 3.63. The van der Waals surface area contributed by atoms with Gasteiger partial charge in [-0.2, -0.15) is 9.67 Å². The number of anilines is 1. The fraction of sp³-hybridized carbons (Fsp3) is 0.375. The van der Waals surface area contributed by atoms with Crippen molar-refractivity contribution < 1.29 is 0 Å². The van der Waals surface area contributed by atoms with Crippen molar-refractivity contribution in [2.75, 3.05) is 5.32 Å². The summed E-state index contributed by atoms with van der Waals surface area (Å²) in [6.45, 7) is 0. The molecule has 4 rings (SSSR count). The summed E-state index contributed by atoms with van der Waals surface area (Å²) >= 11 is 0. The molecule has 0 saturated heterocycles. The van der Waals surface area contributed by atoms with Crippen LogP contribution in [0.3, 0.4) is 0 Å². The van der Waals surface area contributed by atoms with Gasteiger partial charge in [0.1, 0.15) is 5.52 Å². The summed E-state index contributed by atoms with van der Waals surface area (Å²) in [7, 11) is 0. The average Bonchev–Trinajstić information content (AvgIpc) is 3.01. The van der Waals surface area contributed by atoms with Crippen molar-refractivity contribution in [1.82, 2.24) is 25.0 Å². The summed E-state index contributed by atoms with van der Waals surface area (Å²) in [5.41, 5.74) is 7.73. The molecule has 1 aliphatic carbocycles. The van der Waals surface area contributed by atoms with Gasteiger partial charge in [0, 0.05) is 24.3 Å². The summed E-state index contributed by atoms with van der Waals surface area (Å²) < 4.78 is 1.74. The highest BCUT2D eigenvalue weighted by atomic mass is 15.4.